The Hall–Kier alpha value is -2.52. The first-order chi connectivity index (χ1) is 11.7. The van der Waals surface area contributed by atoms with E-state index in [0.29, 0.717) is 12.2 Å². The third kappa shape index (κ3) is 3.52. The Morgan fingerprint density at radius 1 is 0.875 bits per heavy atom. The molecule has 3 heteroatoms. The van der Waals surface area contributed by atoms with Crippen molar-refractivity contribution in [2.45, 2.75) is 18.2 Å². The summed E-state index contributed by atoms with van der Waals surface area (Å²) in [6.07, 6.45) is 0.324. The number of esters is 1. The van der Waals surface area contributed by atoms with Crippen molar-refractivity contribution in [3.05, 3.63) is 72.8 Å². The van der Waals surface area contributed by atoms with E-state index in [9.17, 15) is 4.79 Å². The SMILES string of the molecule is CCC(=O)Oc1c(-c2ccccc2)cc(S)cc1-c1ccccc1. The summed E-state index contributed by atoms with van der Waals surface area (Å²) in [5.74, 6) is 0.327. The zero-order chi connectivity index (χ0) is 16.9. The maximum absolute atomic E-state index is 12.0. The first-order valence-corrected chi connectivity index (χ1v) is 8.32. The van der Waals surface area contributed by atoms with Gasteiger partial charge < -0.3 is 4.74 Å². The Balaban J connectivity index is 2.25. The summed E-state index contributed by atoms with van der Waals surface area (Å²) in [5.41, 5.74) is 3.71. The molecule has 0 bridgehead atoms. The molecule has 0 N–H and O–H groups in total. The fraction of sp³-hybridized carbons (Fsp3) is 0.0952. The molecule has 120 valence electrons. The van der Waals surface area contributed by atoms with Crippen LogP contribution in [0.3, 0.4) is 0 Å². The monoisotopic (exact) mass is 334 g/mol. The van der Waals surface area contributed by atoms with Crippen LogP contribution in [-0.2, 0) is 4.79 Å². The highest BCUT2D eigenvalue weighted by Gasteiger charge is 2.17. The van der Waals surface area contributed by atoms with Crippen molar-refractivity contribution < 1.29 is 9.53 Å². The Bertz CT molecular complexity index is 782. The molecule has 3 aromatic carbocycles. The van der Waals surface area contributed by atoms with Gasteiger partial charge in [0.15, 0.2) is 0 Å². The molecule has 0 spiro atoms. The van der Waals surface area contributed by atoms with Crippen molar-refractivity contribution in [3.63, 3.8) is 0 Å². The lowest BCUT2D eigenvalue weighted by Gasteiger charge is -2.16. The van der Waals surface area contributed by atoms with E-state index in [2.05, 4.69) is 12.6 Å². The summed E-state index contributed by atoms with van der Waals surface area (Å²) >= 11 is 4.54. The number of thiol groups is 1. The third-order valence-electron chi connectivity index (χ3n) is 3.75. The van der Waals surface area contributed by atoms with Gasteiger partial charge in [-0.1, -0.05) is 67.6 Å². The topological polar surface area (TPSA) is 26.3 Å². The molecule has 0 heterocycles. The van der Waals surface area contributed by atoms with Crippen LogP contribution in [0.1, 0.15) is 13.3 Å². The highest BCUT2D eigenvalue weighted by molar-refractivity contribution is 7.80. The summed E-state index contributed by atoms with van der Waals surface area (Å²) < 4.78 is 5.72. The summed E-state index contributed by atoms with van der Waals surface area (Å²) in [5, 5.41) is 0. The van der Waals surface area contributed by atoms with E-state index >= 15 is 0 Å². The second-order valence-electron chi connectivity index (χ2n) is 5.43. The van der Waals surface area contributed by atoms with Gasteiger partial charge in [0.05, 0.1) is 0 Å². The number of hydrogen-bond acceptors (Lipinski definition) is 3. The second kappa shape index (κ2) is 7.37. The number of hydrogen-bond donors (Lipinski definition) is 1. The lowest BCUT2D eigenvalue weighted by molar-refractivity contribution is -0.133. The van der Waals surface area contributed by atoms with Gasteiger partial charge in [0, 0.05) is 22.4 Å². The molecular weight excluding hydrogens is 316 g/mol. The number of carbonyl (C=O) groups is 1. The molecule has 0 aliphatic carbocycles. The molecule has 0 atom stereocenters. The van der Waals surface area contributed by atoms with Gasteiger partial charge in [-0.15, -0.1) is 12.6 Å². The van der Waals surface area contributed by atoms with Gasteiger partial charge in [0.25, 0.3) is 0 Å². The van der Waals surface area contributed by atoms with Crippen LogP contribution in [0.15, 0.2) is 77.7 Å². The molecule has 0 aliphatic heterocycles. The van der Waals surface area contributed by atoms with Crippen LogP contribution < -0.4 is 4.74 Å². The quantitative estimate of drug-likeness (QED) is 0.380. The minimum absolute atomic E-state index is 0.253. The van der Waals surface area contributed by atoms with Gasteiger partial charge in [0.2, 0.25) is 0 Å². The van der Waals surface area contributed by atoms with Gasteiger partial charge in [0.1, 0.15) is 5.75 Å². The molecule has 0 aromatic heterocycles. The van der Waals surface area contributed by atoms with Crippen LogP contribution >= 0.6 is 12.6 Å². The van der Waals surface area contributed by atoms with Gasteiger partial charge in [-0.05, 0) is 23.3 Å². The fourth-order valence-electron chi connectivity index (χ4n) is 2.57. The average Bonchev–Trinajstić information content (AvgIpc) is 2.64. The smallest absolute Gasteiger partial charge is 0.310 e. The average molecular weight is 334 g/mol. The first kappa shape index (κ1) is 16.3. The molecular formula is C21H18O2S. The first-order valence-electron chi connectivity index (χ1n) is 7.87. The summed E-state index contributed by atoms with van der Waals surface area (Å²) in [6.45, 7) is 1.79. The number of ether oxygens (including phenoxy) is 1. The van der Waals surface area contributed by atoms with E-state index in [-0.39, 0.29) is 5.97 Å². The molecule has 0 saturated heterocycles. The standard InChI is InChI=1S/C21H18O2S/c1-2-20(22)23-21-18(15-9-5-3-6-10-15)13-17(24)14-19(21)16-11-7-4-8-12-16/h3-14,24H,2H2,1H3. The van der Waals surface area contributed by atoms with Crippen LogP contribution in [0.2, 0.25) is 0 Å². The van der Waals surface area contributed by atoms with Crippen molar-refractivity contribution in [2.75, 3.05) is 0 Å². The summed E-state index contributed by atoms with van der Waals surface area (Å²) in [4.78, 5) is 12.8. The molecule has 0 fully saturated rings. The maximum atomic E-state index is 12.0. The van der Waals surface area contributed by atoms with Crippen molar-refractivity contribution in [2.24, 2.45) is 0 Å². The molecule has 0 amide bonds. The number of rotatable bonds is 4. The molecule has 3 aromatic rings. The third-order valence-corrected chi connectivity index (χ3v) is 4.01. The fourth-order valence-corrected chi connectivity index (χ4v) is 2.83. The van der Waals surface area contributed by atoms with E-state index in [1.807, 2.05) is 72.8 Å². The number of benzene rings is 3. The van der Waals surface area contributed by atoms with E-state index in [1.54, 1.807) is 6.92 Å². The highest BCUT2D eigenvalue weighted by atomic mass is 32.1. The van der Waals surface area contributed by atoms with Crippen molar-refractivity contribution in [1.29, 1.82) is 0 Å². The van der Waals surface area contributed by atoms with Crippen molar-refractivity contribution in [1.82, 2.24) is 0 Å². The second-order valence-corrected chi connectivity index (χ2v) is 5.95. The molecule has 0 saturated carbocycles. The van der Waals surface area contributed by atoms with E-state index in [0.717, 1.165) is 27.1 Å². The Morgan fingerprint density at radius 3 is 1.75 bits per heavy atom. The van der Waals surface area contributed by atoms with E-state index < -0.39 is 0 Å². The predicted octanol–water partition coefficient (Wildman–Crippen LogP) is 5.62. The highest BCUT2D eigenvalue weighted by Crippen LogP contribution is 2.41. The van der Waals surface area contributed by atoms with Crippen LogP contribution in [0.4, 0.5) is 0 Å². The zero-order valence-electron chi connectivity index (χ0n) is 13.4. The van der Waals surface area contributed by atoms with Crippen molar-refractivity contribution >= 4 is 18.6 Å². The Morgan fingerprint density at radius 2 is 1.33 bits per heavy atom. The minimum atomic E-state index is -0.253. The Kier molecular flexibility index (Phi) is 5.02. The molecule has 24 heavy (non-hydrogen) atoms. The summed E-state index contributed by atoms with van der Waals surface area (Å²) in [7, 11) is 0. The van der Waals surface area contributed by atoms with E-state index in [4.69, 9.17) is 4.74 Å². The zero-order valence-corrected chi connectivity index (χ0v) is 14.3. The largest absolute Gasteiger partial charge is 0.425 e. The molecule has 2 nitrogen and oxygen atoms in total. The van der Waals surface area contributed by atoms with Crippen LogP contribution in [0.25, 0.3) is 22.3 Å². The molecule has 0 aliphatic rings. The van der Waals surface area contributed by atoms with Crippen LogP contribution in [-0.4, -0.2) is 5.97 Å². The lowest BCUT2D eigenvalue weighted by atomic mass is 9.97. The minimum Gasteiger partial charge on any atom is -0.425 e. The summed E-state index contributed by atoms with van der Waals surface area (Å²) in [6, 6.07) is 23.7. The van der Waals surface area contributed by atoms with Crippen LogP contribution in [0, 0.1) is 0 Å². The Labute approximate surface area is 147 Å². The molecule has 3 rings (SSSR count). The lowest BCUT2D eigenvalue weighted by Crippen LogP contribution is -2.08. The normalized spacial score (nSPS) is 10.4. The maximum Gasteiger partial charge on any atom is 0.310 e. The molecule has 0 radical (unpaired) electrons. The van der Waals surface area contributed by atoms with Gasteiger partial charge >= 0.3 is 5.97 Å². The van der Waals surface area contributed by atoms with Gasteiger partial charge in [-0.3, -0.25) is 4.79 Å². The number of carbonyl (C=O) groups excluding carboxylic acids is 1. The van der Waals surface area contributed by atoms with Gasteiger partial charge in [-0.25, -0.2) is 0 Å². The van der Waals surface area contributed by atoms with Crippen molar-refractivity contribution in [3.8, 4) is 28.0 Å². The predicted molar refractivity (Wildman–Crippen MR) is 100 cm³/mol. The molecule has 0 unspecified atom stereocenters. The van der Waals surface area contributed by atoms with E-state index in [1.165, 1.54) is 0 Å². The van der Waals surface area contributed by atoms with Crippen LogP contribution in [0.5, 0.6) is 5.75 Å². The van der Waals surface area contributed by atoms with Gasteiger partial charge in [-0.2, -0.15) is 0 Å².